The Bertz CT molecular complexity index is 145. The number of hydrogen-bond acceptors (Lipinski definition) is 2. The van der Waals surface area contributed by atoms with Crippen LogP contribution in [0.2, 0.25) is 0 Å². The molecule has 1 atom stereocenters. The summed E-state index contributed by atoms with van der Waals surface area (Å²) in [5, 5.41) is 3.25. The number of halogens is 2. The van der Waals surface area contributed by atoms with E-state index in [1.54, 1.807) is 0 Å². The first-order chi connectivity index (χ1) is 7.70. The molecule has 0 aromatic rings. The summed E-state index contributed by atoms with van der Waals surface area (Å²) in [6.45, 7) is 5.93. The van der Waals surface area contributed by atoms with Crippen LogP contribution in [0.3, 0.4) is 0 Å². The van der Waals surface area contributed by atoms with Crippen LogP contribution in [0.5, 0.6) is 0 Å². The molecule has 4 heteroatoms. The van der Waals surface area contributed by atoms with E-state index in [0.29, 0.717) is 19.1 Å². The number of ether oxygens (including phenoxy) is 1. The number of rotatable bonds is 11. The Morgan fingerprint density at radius 2 is 2.00 bits per heavy atom. The van der Waals surface area contributed by atoms with E-state index in [1.165, 1.54) is 25.7 Å². The van der Waals surface area contributed by atoms with Crippen molar-refractivity contribution in [2.75, 3.05) is 26.3 Å². The van der Waals surface area contributed by atoms with Gasteiger partial charge in [-0.05, 0) is 18.9 Å². The van der Waals surface area contributed by atoms with Crippen LogP contribution in [0, 0.1) is 5.92 Å². The van der Waals surface area contributed by atoms with Crippen molar-refractivity contribution < 1.29 is 13.5 Å². The Hall–Kier alpha value is -0.220. The minimum absolute atomic E-state index is 0.370. The average molecular weight is 237 g/mol. The third-order valence-corrected chi connectivity index (χ3v) is 2.64. The van der Waals surface area contributed by atoms with Crippen molar-refractivity contribution in [1.29, 1.82) is 0 Å². The van der Waals surface area contributed by atoms with Crippen molar-refractivity contribution >= 4 is 0 Å². The van der Waals surface area contributed by atoms with E-state index in [0.717, 1.165) is 6.54 Å². The van der Waals surface area contributed by atoms with Gasteiger partial charge in [-0.2, -0.15) is 0 Å². The second-order valence-corrected chi connectivity index (χ2v) is 4.09. The van der Waals surface area contributed by atoms with E-state index >= 15 is 0 Å². The van der Waals surface area contributed by atoms with Crippen molar-refractivity contribution in [2.45, 2.75) is 46.0 Å². The molecular formula is C12H25F2NO. The molecule has 0 heterocycles. The molecule has 0 aromatic carbocycles. The number of hydrogen-bond donors (Lipinski definition) is 1. The topological polar surface area (TPSA) is 21.3 Å². The molecule has 0 aliphatic rings. The summed E-state index contributed by atoms with van der Waals surface area (Å²) in [6.07, 6.45) is 2.56. The van der Waals surface area contributed by atoms with Gasteiger partial charge in [0.25, 0.3) is 6.43 Å². The van der Waals surface area contributed by atoms with Crippen LogP contribution in [-0.2, 0) is 4.74 Å². The molecule has 0 aliphatic heterocycles. The molecule has 1 N–H and O–H groups in total. The van der Waals surface area contributed by atoms with Gasteiger partial charge in [0.2, 0.25) is 0 Å². The Morgan fingerprint density at radius 1 is 1.25 bits per heavy atom. The van der Waals surface area contributed by atoms with E-state index in [-0.39, 0.29) is 0 Å². The summed E-state index contributed by atoms with van der Waals surface area (Å²) in [5.74, 6) is 0.704. The van der Waals surface area contributed by atoms with Crippen LogP contribution < -0.4 is 5.32 Å². The van der Waals surface area contributed by atoms with Gasteiger partial charge in [0.05, 0.1) is 6.61 Å². The van der Waals surface area contributed by atoms with Crippen LogP contribution in [-0.4, -0.2) is 32.7 Å². The predicted octanol–water partition coefficient (Wildman–Crippen LogP) is 3.07. The van der Waals surface area contributed by atoms with Crippen LogP contribution in [0.4, 0.5) is 8.78 Å². The lowest BCUT2D eigenvalue weighted by Gasteiger charge is -2.15. The predicted molar refractivity (Wildman–Crippen MR) is 63.0 cm³/mol. The summed E-state index contributed by atoms with van der Waals surface area (Å²) in [6, 6.07) is 0. The van der Waals surface area contributed by atoms with Crippen molar-refractivity contribution in [3.8, 4) is 0 Å². The molecule has 2 nitrogen and oxygen atoms in total. The highest BCUT2D eigenvalue weighted by atomic mass is 19.3. The zero-order valence-corrected chi connectivity index (χ0v) is 10.5. The maximum atomic E-state index is 11.7. The third-order valence-electron chi connectivity index (χ3n) is 2.64. The molecule has 0 rings (SSSR count). The maximum Gasteiger partial charge on any atom is 0.261 e. The molecule has 0 aromatic heterocycles. The molecule has 0 amide bonds. The minimum atomic E-state index is -2.35. The summed E-state index contributed by atoms with van der Waals surface area (Å²) in [4.78, 5) is 0. The van der Waals surface area contributed by atoms with Crippen molar-refractivity contribution in [3.05, 3.63) is 0 Å². The Morgan fingerprint density at radius 3 is 2.56 bits per heavy atom. The van der Waals surface area contributed by atoms with Gasteiger partial charge < -0.3 is 10.1 Å². The highest BCUT2D eigenvalue weighted by Gasteiger charge is 2.05. The Balaban J connectivity index is 3.27. The van der Waals surface area contributed by atoms with Crippen LogP contribution in [0.15, 0.2) is 0 Å². The van der Waals surface area contributed by atoms with Gasteiger partial charge in [0.1, 0.15) is 6.61 Å². The molecule has 0 spiro atoms. The lowest BCUT2D eigenvalue weighted by Crippen LogP contribution is -2.26. The van der Waals surface area contributed by atoms with E-state index in [4.69, 9.17) is 4.74 Å². The van der Waals surface area contributed by atoms with Gasteiger partial charge in [-0.15, -0.1) is 0 Å². The van der Waals surface area contributed by atoms with Gasteiger partial charge in [0, 0.05) is 6.54 Å². The van der Waals surface area contributed by atoms with Crippen molar-refractivity contribution in [3.63, 3.8) is 0 Å². The summed E-state index contributed by atoms with van der Waals surface area (Å²) in [5.41, 5.74) is 0. The highest BCUT2D eigenvalue weighted by Crippen LogP contribution is 2.10. The van der Waals surface area contributed by atoms with Gasteiger partial charge in [0.15, 0.2) is 0 Å². The Labute approximate surface area is 97.7 Å². The quantitative estimate of drug-likeness (QED) is 0.558. The highest BCUT2D eigenvalue weighted by molar-refractivity contribution is 4.60. The van der Waals surface area contributed by atoms with Gasteiger partial charge in [-0.25, -0.2) is 8.78 Å². The number of nitrogens with one attached hydrogen (secondary N) is 1. The van der Waals surface area contributed by atoms with E-state index in [2.05, 4.69) is 19.2 Å². The van der Waals surface area contributed by atoms with E-state index in [1.807, 2.05) is 0 Å². The fourth-order valence-corrected chi connectivity index (χ4v) is 1.57. The zero-order chi connectivity index (χ0) is 12.2. The number of unbranched alkanes of at least 4 members (excludes halogenated alkanes) is 1. The minimum Gasteiger partial charge on any atom is -0.374 e. The van der Waals surface area contributed by atoms with Gasteiger partial charge in [-0.3, -0.25) is 0 Å². The molecule has 0 bridgehead atoms. The van der Waals surface area contributed by atoms with E-state index in [9.17, 15) is 8.78 Å². The van der Waals surface area contributed by atoms with E-state index < -0.39 is 13.0 Å². The third kappa shape index (κ3) is 10.3. The lowest BCUT2D eigenvalue weighted by molar-refractivity contribution is 0.0186. The molecule has 0 saturated heterocycles. The van der Waals surface area contributed by atoms with Crippen molar-refractivity contribution in [1.82, 2.24) is 5.32 Å². The molecule has 16 heavy (non-hydrogen) atoms. The zero-order valence-electron chi connectivity index (χ0n) is 10.5. The molecule has 0 aliphatic carbocycles. The molecule has 1 unspecified atom stereocenters. The Kier molecular flexibility index (Phi) is 11.1. The summed E-state index contributed by atoms with van der Waals surface area (Å²) < 4.78 is 28.2. The van der Waals surface area contributed by atoms with Crippen LogP contribution >= 0.6 is 0 Å². The second kappa shape index (κ2) is 11.3. The molecule has 98 valence electrons. The second-order valence-electron chi connectivity index (χ2n) is 4.09. The first-order valence-electron chi connectivity index (χ1n) is 6.27. The molecular weight excluding hydrogens is 212 g/mol. The monoisotopic (exact) mass is 237 g/mol. The first-order valence-corrected chi connectivity index (χ1v) is 6.27. The number of alkyl halides is 2. The maximum absolute atomic E-state index is 11.7. The smallest absolute Gasteiger partial charge is 0.261 e. The first kappa shape index (κ1) is 15.8. The van der Waals surface area contributed by atoms with Crippen LogP contribution in [0.1, 0.15) is 39.5 Å². The molecule has 0 saturated carbocycles. The average Bonchev–Trinajstić information content (AvgIpc) is 2.26. The SMILES string of the molecule is CCCCC(CC)CNCCOCC(F)F. The fourth-order valence-electron chi connectivity index (χ4n) is 1.57. The van der Waals surface area contributed by atoms with Gasteiger partial charge >= 0.3 is 0 Å². The lowest BCUT2D eigenvalue weighted by atomic mass is 9.99. The van der Waals surface area contributed by atoms with Crippen molar-refractivity contribution in [2.24, 2.45) is 5.92 Å². The summed E-state index contributed by atoms with van der Waals surface area (Å²) >= 11 is 0. The van der Waals surface area contributed by atoms with Gasteiger partial charge in [-0.1, -0.05) is 33.1 Å². The standard InChI is InChI=1S/C12H25F2NO/c1-3-5-6-11(4-2)9-15-7-8-16-10-12(13)14/h11-12,15H,3-10H2,1-2H3. The summed E-state index contributed by atoms with van der Waals surface area (Å²) in [7, 11) is 0. The molecule has 0 radical (unpaired) electrons. The molecule has 0 fully saturated rings. The fraction of sp³-hybridized carbons (Fsp3) is 1.00. The largest absolute Gasteiger partial charge is 0.374 e. The normalized spacial score (nSPS) is 13.3. The van der Waals surface area contributed by atoms with Crippen LogP contribution in [0.25, 0.3) is 0 Å².